The maximum absolute atomic E-state index is 12.1. The molecule has 1 amide bonds. The van der Waals surface area contributed by atoms with Crippen molar-refractivity contribution in [2.75, 3.05) is 13.1 Å². The molecule has 25 heavy (non-hydrogen) atoms. The number of aryl methyl sites for hydroxylation is 2. The molecule has 2 rings (SSSR count). The van der Waals surface area contributed by atoms with Gasteiger partial charge < -0.3 is 5.32 Å². The topological polar surface area (TPSA) is 75.3 Å². The Hall–Kier alpha value is -1.89. The van der Waals surface area contributed by atoms with E-state index in [4.69, 9.17) is 11.6 Å². The summed E-state index contributed by atoms with van der Waals surface area (Å²) in [5.74, 6) is -0.105. The van der Waals surface area contributed by atoms with Gasteiger partial charge in [0.1, 0.15) is 0 Å². The van der Waals surface area contributed by atoms with Gasteiger partial charge in [0, 0.05) is 24.5 Å². The Kier molecular flexibility index (Phi) is 6.99. The van der Waals surface area contributed by atoms with Gasteiger partial charge in [0.25, 0.3) is 0 Å². The second kappa shape index (κ2) is 8.99. The van der Waals surface area contributed by atoms with Gasteiger partial charge in [-0.05, 0) is 43.2 Å². The van der Waals surface area contributed by atoms with Crippen molar-refractivity contribution in [3.63, 3.8) is 0 Å². The number of hydrogen-bond donors (Lipinski definition) is 2. The third-order valence-corrected chi connectivity index (χ3v) is 5.35. The van der Waals surface area contributed by atoms with Crippen LogP contribution in [0.1, 0.15) is 17.5 Å². The highest BCUT2D eigenvalue weighted by Gasteiger charge is 2.13. The Morgan fingerprint density at radius 1 is 1.00 bits per heavy atom. The van der Waals surface area contributed by atoms with Gasteiger partial charge in [-0.2, -0.15) is 0 Å². The smallest absolute Gasteiger partial charge is 0.240 e. The summed E-state index contributed by atoms with van der Waals surface area (Å²) in [6.07, 6.45) is 1.02. The van der Waals surface area contributed by atoms with Crippen LogP contribution in [0.25, 0.3) is 0 Å². The lowest BCUT2D eigenvalue weighted by atomic mass is 10.1. The van der Waals surface area contributed by atoms with Crippen LogP contribution in [0.5, 0.6) is 0 Å². The third-order valence-electron chi connectivity index (χ3n) is 3.62. The molecule has 0 fully saturated rings. The number of nitrogens with one attached hydrogen (secondary N) is 2. The van der Waals surface area contributed by atoms with Gasteiger partial charge in [0.2, 0.25) is 15.9 Å². The number of rotatable bonds is 8. The second-order valence-electron chi connectivity index (χ2n) is 5.69. The molecule has 2 aromatic rings. The van der Waals surface area contributed by atoms with Gasteiger partial charge in [0.05, 0.1) is 4.90 Å². The number of halogens is 1. The molecule has 0 bridgehead atoms. The highest BCUT2D eigenvalue weighted by molar-refractivity contribution is 7.89. The lowest BCUT2D eigenvalue weighted by molar-refractivity contribution is -0.121. The van der Waals surface area contributed by atoms with E-state index in [0.29, 0.717) is 17.9 Å². The molecule has 0 saturated carbocycles. The monoisotopic (exact) mass is 380 g/mol. The number of carbonyl (C=O) groups is 1. The molecule has 0 aliphatic rings. The van der Waals surface area contributed by atoms with Crippen LogP contribution in [0.3, 0.4) is 0 Å². The molecule has 0 aliphatic carbocycles. The van der Waals surface area contributed by atoms with E-state index in [9.17, 15) is 13.2 Å². The van der Waals surface area contributed by atoms with Crippen LogP contribution >= 0.6 is 11.6 Å². The first kappa shape index (κ1) is 19.4. The fraction of sp³-hybridized carbons (Fsp3) is 0.278. The van der Waals surface area contributed by atoms with E-state index in [1.807, 2.05) is 31.2 Å². The van der Waals surface area contributed by atoms with E-state index in [1.165, 1.54) is 29.8 Å². The molecule has 5 nitrogen and oxygen atoms in total. The number of hydrogen-bond acceptors (Lipinski definition) is 3. The summed E-state index contributed by atoms with van der Waals surface area (Å²) in [4.78, 5) is 12.0. The van der Waals surface area contributed by atoms with Crippen molar-refractivity contribution in [2.24, 2.45) is 0 Å². The molecule has 0 radical (unpaired) electrons. The van der Waals surface area contributed by atoms with E-state index in [-0.39, 0.29) is 23.9 Å². The molecule has 2 aromatic carbocycles. The van der Waals surface area contributed by atoms with Crippen LogP contribution in [0.4, 0.5) is 0 Å². The van der Waals surface area contributed by atoms with Gasteiger partial charge in [-0.25, -0.2) is 13.1 Å². The quantitative estimate of drug-likeness (QED) is 0.691. The van der Waals surface area contributed by atoms with Crippen molar-refractivity contribution in [3.8, 4) is 0 Å². The Morgan fingerprint density at radius 3 is 2.28 bits per heavy atom. The van der Waals surface area contributed by atoms with Crippen molar-refractivity contribution in [2.45, 2.75) is 24.7 Å². The van der Waals surface area contributed by atoms with Crippen molar-refractivity contribution in [3.05, 3.63) is 64.7 Å². The fourth-order valence-electron chi connectivity index (χ4n) is 2.19. The standard InChI is InChI=1S/C18H21ClN2O3S/c1-14-2-4-15(5-3-14)6-11-18(22)20-12-13-21-25(23,24)17-9-7-16(19)8-10-17/h2-5,7-10,21H,6,11-13H2,1H3,(H,20,22). The SMILES string of the molecule is Cc1ccc(CCC(=O)NCCNS(=O)(=O)c2ccc(Cl)cc2)cc1. The summed E-state index contributed by atoms with van der Waals surface area (Å²) in [6.45, 7) is 2.38. The molecule has 7 heteroatoms. The van der Waals surface area contributed by atoms with Crippen LogP contribution < -0.4 is 10.0 Å². The molecular weight excluding hydrogens is 360 g/mol. The average molecular weight is 381 g/mol. The molecule has 0 aliphatic heterocycles. The van der Waals surface area contributed by atoms with Crippen LogP contribution in [0, 0.1) is 6.92 Å². The van der Waals surface area contributed by atoms with Gasteiger partial charge in [-0.1, -0.05) is 41.4 Å². The zero-order valence-corrected chi connectivity index (χ0v) is 15.5. The summed E-state index contributed by atoms with van der Waals surface area (Å²) in [5.41, 5.74) is 2.28. The summed E-state index contributed by atoms with van der Waals surface area (Å²) >= 11 is 5.74. The van der Waals surface area contributed by atoms with E-state index in [1.54, 1.807) is 0 Å². The Morgan fingerprint density at radius 2 is 1.64 bits per heavy atom. The zero-order valence-electron chi connectivity index (χ0n) is 14.0. The first-order valence-electron chi connectivity index (χ1n) is 7.94. The van der Waals surface area contributed by atoms with E-state index >= 15 is 0 Å². The Labute approximate surface area is 153 Å². The minimum atomic E-state index is -3.59. The predicted molar refractivity (Wildman–Crippen MR) is 99.2 cm³/mol. The Balaban J connectivity index is 1.70. The Bertz CT molecular complexity index is 803. The lowest BCUT2D eigenvalue weighted by Gasteiger charge is -2.08. The van der Waals surface area contributed by atoms with Crippen molar-refractivity contribution < 1.29 is 13.2 Å². The highest BCUT2D eigenvalue weighted by Crippen LogP contribution is 2.13. The van der Waals surface area contributed by atoms with Gasteiger partial charge >= 0.3 is 0 Å². The van der Waals surface area contributed by atoms with Gasteiger partial charge in [-0.15, -0.1) is 0 Å². The summed E-state index contributed by atoms with van der Waals surface area (Å²) in [5, 5.41) is 3.18. The molecule has 0 unspecified atom stereocenters. The first-order chi connectivity index (χ1) is 11.9. The molecule has 0 atom stereocenters. The van der Waals surface area contributed by atoms with Crippen LogP contribution in [0.15, 0.2) is 53.4 Å². The maximum atomic E-state index is 12.1. The summed E-state index contributed by atoms with van der Waals surface area (Å²) < 4.78 is 26.6. The minimum absolute atomic E-state index is 0.105. The van der Waals surface area contributed by atoms with Crippen LogP contribution in [-0.2, 0) is 21.2 Å². The highest BCUT2D eigenvalue weighted by atomic mass is 35.5. The van der Waals surface area contributed by atoms with Crippen LogP contribution in [0.2, 0.25) is 5.02 Å². The minimum Gasteiger partial charge on any atom is -0.355 e. The van der Waals surface area contributed by atoms with Crippen molar-refractivity contribution in [1.82, 2.24) is 10.0 Å². The lowest BCUT2D eigenvalue weighted by Crippen LogP contribution is -2.34. The van der Waals surface area contributed by atoms with Gasteiger partial charge in [0.15, 0.2) is 0 Å². The first-order valence-corrected chi connectivity index (χ1v) is 9.80. The van der Waals surface area contributed by atoms with E-state index in [0.717, 1.165) is 5.56 Å². The molecule has 0 saturated heterocycles. The van der Waals surface area contributed by atoms with Crippen LogP contribution in [-0.4, -0.2) is 27.4 Å². The maximum Gasteiger partial charge on any atom is 0.240 e. The fourth-order valence-corrected chi connectivity index (χ4v) is 3.34. The van der Waals surface area contributed by atoms with Crippen molar-refractivity contribution >= 4 is 27.5 Å². The number of carbonyl (C=O) groups excluding carboxylic acids is 1. The summed E-state index contributed by atoms with van der Waals surface area (Å²) in [6, 6.07) is 13.9. The molecule has 0 aromatic heterocycles. The number of sulfonamides is 1. The van der Waals surface area contributed by atoms with E-state index in [2.05, 4.69) is 10.0 Å². The van der Waals surface area contributed by atoms with Gasteiger partial charge in [-0.3, -0.25) is 4.79 Å². The average Bonchev–Trinajstić information content (AvgIpc) is 2.59. The van der Waals surface area contributed by atoms with E-state index < -0.39 is 10.0 Å². The van der Waals surface area contributed by atoms with Crippen molar-refractivity contribution in [1.29, 1.82) is 0 Å². The third kappa shape index (κ3) is 6.49. The number of benzene rings is 2. The second-order valence-corrected chi connectivity index (χ2v) is 7.89. The normalized spacial score (nSPS) is 11.3. The molecule has 134 valence electrons. The largest absolute Gasteiger partial charge is 0.355 e. The zero-order chi connectivity index (χ0) is 18.3. The molecule has 0 spiro atoms. The molecular formula is C18H21ClN2O3S. The number of amides is 1. The predicted octanol–water partition coefficient (Wildman–Crippen LogP) is 2.68. The molecule has 0 heterocycles. The molecule has 2 N–H and O–H groups in total. The summed E-state index contributed by atoms with van der Waals surface area (Å²) in [7, 11) is -3.59.